The zero-order valence-electron chi connectivity index (χ0n) is 20.8. The highest BCUT2D eigenvalue weighted by atomic mass is 32.1. The summed E-state index contributed by atoms with van der Waals surface area (Å²) in [4.78, 5) is 42.0. The molecule has 4 heterocycles. The fourth-order valence-corrected chi connectivity index (χ4v) is 5.17. The number of piperidine rings is 1. The molecule has 4 rings (SSSR count). The van der Waals surface area contributed by atoms with Gasteiger partial charge in [0.25, 0.3) is 0 Å². The Kier molecular flexibility index (Phi) is 10.9. The minimum atomic E-state index is -5.08. The number of likely N-dealkylation sites (tertiary alicyclic amines) is 2. The Morgan fingerprint density at radius 3 is 1.97 bits per heavy atom. The van der Waals surface area contributed by atoms with E-state index in [2.05, 4.69) is 39.9 Å². The van der Waals surface area contributed by atoms with Crippen molar-refractivity contribution >= 4 is 29.2 Å². The Bertz CT molecular complexity index is 1090. The molecule has 0 saturated carbocycles. The molecule has 1 spiro atoms. The van der Waals surface area contributed by atoms with Crippen LogP contribution in [-0.4, -0.2) is 73.8 Å². The predicted octanol–water partition coefficient (Wildman–Crippen LogP) is 4.88. The van der Waals surface area contributed by atoms with E-state index in [0.29, 0.717) is 18.9 Å². The smallest absolute Gasteiger partial charge is 0.475 e. The Labute approximate surface area is 223 Å². The zero-order valence-corrected chi connectivity index (χ0v) is 21.6. The van der Waals surface area contributed by atoms with E-state index in [9.17, 15) is 31.1 Å². The van der Waals surface area contributed by atoms with Gasteiger partial charge < -0.3 is 15.1 Å². The van der Waals surface area contributed by atoms with Gasteiger partial charge >= 0.3 is 24.3 Å². The van der Waals surface area contributed by atoms with Crippen LogP contribution in [0.15, 0.2) is 36.7 Å². The number of halogens is 6. The maximum absolute atomic E-state index is 12.5. The quantitative estimate of drug-likeness (QED) is 0.494. The van der Waals surface area contributed by atoms with Crippen LogP contribution in [0.5, 0.6) is 0 Å². The Hall–Kier alpha value is -3.20. The van der Waals surface area contributed by atoms with Crippen molar-refractivity contribution in [1.82, 2.24) is 14.8 Å². The average Bonchev–Trinajstić information content (AvgIpc) is 3.39. The van der Waals surface area contributed by atoms with Crippen LogP contribution in [0.25, 0.3) is 0 Å². The van der Waals surface area contributed by atoms with Gasteiger partial charge in [0, 0.05) is 60.3 Å². The molecular weight excluding hydrogens is 556 g/mol. The number of hydrogen-bond donors (Lipinski definition) is 2. The molecule has 0 radical (unpaired) electrons. The normalized spacial score (nSPS) is 17.2. The van der Waals surface area contributed by atoms with E-state index in [1.165, 1.54) is 9.75 Å². The van der Waals surface area contributed by atoms with Crippen molar-refractivity contribution in [2.75, 3.05) is 13.1 Å². The van der Waals surface area contributed by atoms with Crippen molar-refractivity contribution in [3.8, 4) is 0 Å². The number of carboxylic acid groups (broad SMARTS) is 2. The minimum Gasteiger partial charge on any atom is -0.475 e. The Morgan fingerprint density at radius 1 is 0.974 bits per heavy atom. The van der Waals surface area contributed by atoms with Crippen LogP contribution in [0.4, 0.5) is 26.3 Å². The van der Waals surface area contributed by atoms with Gasteiger partial charge in [-0.15, -0.1) is 11.3 Å². The summed E-state index contributed by atoms with van der Waals surface area (Å²) in [6.07, 6.45) is -2.61. The minimum absolute atomic E-state index is 0.0643. The SMILES string of the molecule is Cc1ccc(CN2CCC3(CCC(=O)N3Cc3cccnc3)CC2)s1.O=C(O)C(F)(F)F.O=C(O)C(F)(F)F. The fraction of sp³-hybridized carbons (Fsp3) is 0.500. The number of rotatable bonds is 4. The molecule has 2 aromatic heterocycles. The van der Waals surface area contributed by atoms with Crippen LogP contribution in [0.3, 0.4) is 0 Å². The summed E-state index contributed by atoms with van der Waals surface area (Å²) in [6.45, 7) is 6.07. The van der Waals surface area contributed by atoms with E-state index >= 15 is 0 Å². The molecule has 2 fully saturated rings. The highest BCUT2D eigenvalue weighted by Gasteiger charge is 2.46. The van der Waals surface area contributed by atoms with Gasteiger partial charge in [0.2, 0.25) is 5.91 Å². The second kappa shape index (κ2) is 13.2. The lowest BCUT2D eigenvalue weighted by Gasteiger charge is -2.45. The number of carbonyl (C=O) groups is 3. The second-order valence-electron chi connectivity index (χ2n) is 8.96. The maximum Gasteiger partial charge on any atom is 0.490 e. The van der Waals surface area contributed by atoms with Crippen LogP contribution in [0.2, 0.25) is 0 Å². The molecule has 15 heteroatoms. The van der Waals surface area contributed by atoms with E-state index in [1.54, 1.807) is 6.20 Å². The van der Waals surface area contributed by atoms with Crippen molar-refractivity contribution in [2.45, 2.75) is 63.6 Å². The van der Waals surface area contributed by atoms with Gasteiger partial charge in [-0.1, -0.05) is 6.07 Å². The Morgan fingerprint density at radius 2 is 1.54 bits per heavy atom. The van der Waals surface area contributed by atoms with Crippen molar-refractivity contribution < 1.29 is 50.9 Å². The molecule has 2 aromatic rings. The first-order chi connectivity index (χ1) is 18.0. The number of nitrogens with zero attached hydrogens (tertiary/aromatic N) is 3. The standard InChI is InChI=1S/C20H25N3OS.2C2HF3O2/c1-16-4-5-18(25-16)15-22-11-8-20(9-12-22)7-6-19(24)23(20)14-17-3-2-10-21-13-17;2*3-2(4,5)1(6)7/h2-5,10,13H,6-9,11-12,14-15H2,1H3;2*(H,6,7). The first-order valence-electron chi connectivity index (χ1n) is 11.6. The van der Waals surface area contributed by atoms with Crippen LogP contribution >= 0.6 is 11.3 Å². The summed E-state index contributed by atoms with van der Waals surface area (Å²) < 4.78 is 63.5. The first kappa shape index (κ1) is 32.0. The van der Waals surface area contributed by atoms with Gasteiger partial charge in [-0.25, -0.2) is 9.59 Å². The zero-order chi connectivity index (χ0) is 29.4. The van der Waals surface area contributed by atoms with Crippen LogP contribution in [0.1, 0.15) is 41.0 Å². The lowest BCUT2D eigenvalue weighted by molar-refractivity contribution is -0.193. The van der Waals surface area contributed by atoms with E-state index in [-0.39, 0.29) is 5.54 Å². The highest BCUT2D eigenvalue weighted by molar-refractivity contribution is 7.11. The van der Waals surface area contributed by atoms with Gasteiger partial charge in [0.05, 0.1) is 0 Å². The summed E-state index contributed by atoms with van der Waals surface area (Å²) in [5.41, 5.74) is 1.20. The summed E-state index contributed by atoms with van der Waals surface area (Å²) in [6, 6.07) is 8.48. The van der Waals surface area contributed by atoms with Crippen molar-refractivity contribution in [3.63, 3.8) is 0 Å². The summed E-state index contributed by atoms with van der Waals surface area (Å²) in [7, 11) is 0. The largest absolute Gasteiger partial charge is 0.490 e. The number of hydrogen-bond acceptors (Lipinski definition) is 6. The molecule has 0 bridgehead atoms. The lowest BCUT2D eigenvalue weighted by atomic mass is 9.84. The summed E-state index contributed by atoms with van der Waals surface area (Å²) >= 11 is 1.89. The van der Waals surface area contributed by atoms with Crippen molar-refractivity contribution in [2.24, 2.45) is 0 Å². The fourth-order valence-electron chi connectivity index (χ4n) is 4.24. The van der Waals surface area contributed by atoms with Gasteiger partial charge in [0.1, 0.15) is 0 Å². The number of aliphatic carboxylic acids is 2. The Balaban J connectivity index is 0.000000317. The van der Waals surface area contributed by atoms with E-state index in [0.717, 1.165) is 44.5 Å². The number of pyridine rings is 1. The van der Waals surface area contributed by atoms with Crippen molar-refractivity contribution in [1.29, 1.82) is 0 Å². The number of aryl methyl sites for hydroxylation is 1. The number of aromatic nitrogens is 1. The molecule has 8 nitrogen and oxygen atoms in total. The number of thiophene rings is 1. The van der Waals surface area contributed by atoms with Gasteiger partial charge in [0.15, 0.2) is 0 Å². The lowest BCUT2D eigenvalue weighted by Crippen LogP contribution is -2.52. The monoisotopic (exact) mass is 583 g/mol. The molecule has 2 aliphatic rings. The maximum atomic E-state index is 12.5. The molecule has 39 heavy (non-hydrogen) atoms. The molecular formula is C24H27F6N3O5S. The predicted molar refractivity (Wildman–Crippen MR) is 128 cm³/mol. The van der Waals surface area contributed by atoms with E-state index < -0.39 is 24.3 Å². The molecule has 2 N–H and O–H groups in total. The van der Waals surface area contributed by atoms with E-state index in [1.807, 2.05) is 23.6 Å². The highest BCUT2D eigenvalue weighted by Crippen LogP contribution is 2.40. The number of carbonyl (C=O) groups excluding carboxylic acids is 1. The first-order valence-corrected chi connectivity index (χ1v) is 12.4. The third-order valence-corrected chi connectivity index (χ3v) is 7.17. The van der Waals surface area contributed by atoms with Crippen LogP contribution in [-0.2, 0) is 27.5 Å². The van der Waals surface area contributed by atoms with Gasteiger partial charge in [-0.05, 0) is 49.9 Å². The topological polar surface area (TPSA) is 111 Å². The molecule has 2 saturated heterocycles. The average molecular weight is 584 g/mol. The second-order valence-corrected chi connectivity index (χ2v) is 10.3. The molecule has 0 unspecified atom stereocenters. The molecule has 0 aliphatic carbocycles. The molecule has 216 valence electrons. The molecule has 0 aromatic carbocycles. The number of amides is 1. The number of carboxylic acids is 2. The third kappa shape index (κ3) is 9.80. The molecule has 0 atom stereocenters. The number of alkyl halides is 6. The van der Waals surface area contributed by atoms with Crippen molar-refractivity contribution in [3.05, 3.63) is 52.0 Å². The van der Waals surface area contributed by atoms with E-state index in [4.69, 9.17) is 19.8 Å². The third-order valence-electron chi connectivity index (χ3n) is 6.19. The molecule has 2 aliphatic heterocycles. The summed E-state index contributed by atoms with van der Waals surface area (Å²) in [5.74, 6) is -5.20. The summed E-state index contributed by atoms with van der Waals surface area (Å²) in [5, 5.41) is 14.2. The molecule has 1 amide bonds. The van der Waals surface area contributed by atoms with Crippen LogP contribution < -0.4 is 0 Å². The van der Waals surface area contributed by atoms with Gasteiger partial charge in [-0.3, -0.25) is 14.7 Å². The van der Waals surface area contributed by atoms with Gasteiger partial charge in [-0.2, -0.15) is 26.3 Å². The van der Waals surface area contributed by atoms with Crippen LogP contribution in [0, 0.1) is 6.92 Å².